The Bertz CT molecular complexity index is 1960. The highest BCUT2D eigenvalue weighted by Crippen LogP contribution is 2.45. The van der Waals surface area contributed by atoms with Crippen LogP contribution >= 0.6 is 15.6 Å². The maximum atomic E-state index is 13.1. The highest BCUT2D eigenvalue weighted by molar-refractivity contribution is 7.47. The van der Waals surface area contributed by atoms with Gasteiger partial charge >= 0.3 is 39.5 Å². The van der Waals surface area contributed by atoms with Crippen LogP contribution in [0.4, 0.5) is 0 Å². The molecule has 0 bridgehead atoms. The van der Waals surface area contributed by atoms with Crippen molar-refractivity contribution in [3.05, 3.63) is 0 Å². The highest BCUT2D eigenvalue weighted by Gasteiger charge is 2.30. The minimum Gasteiger partial charge on any atom is -0.462 e. The van der Waals surface area contributed by atoms with Gasteiger partial charge in [-0.05, 0) is 43.4 Å². The Labute approximate surface area is 619 Å². The summed E-state index contributed by atoms with van der Waals surface area (Å²) >= 11 is 0. The van der Waals surface area contributed by atoms with Gasteiger partial charge in [0.15, 0.2) is 12.2 Å². The van der Waals surface area contributed by atoms with E-state index in [1.54, 1.807) is 0 Å². The van der Waals surface area contributed by atoms with E-state index in [1.165, 1.54) is 238 Å². The van der Waals surface area contributed by atoms with Crippen LogP contribution in [0.5, 0.6) is 0 Å². The fourth-order valence-electron chi connectivity index (χ4n) is 12.6. The summed E-state index contributed by atoms with van der Waals surface area (Å²) < 4.78 is 68.7. The minimum atomic E-state index is -4.96. The molecule has 3 N–H and O–H groups in total. The predicted molar refractivity (Wildman–Crippen MR) is 414 cm³/mol. The number of phosphoric acid groups is 2. The molecule has 0 saturated heterocycles. The van der Waals surface area contributed by atoms with Crippen LogP contribution in [-0.2, 0) is 65.4 Å². The van der Waals surface area contributed by atoms with E-state index in [1.807, 2.05) is 0 Å². The number of aliphatic hydroxyl groups excluding tert-OH is 1. The number of esters is 4. The first kappa shape index (κ1) is 99.1. The third-order valence-electron chi connectivity index (χ3n) is 19.5. The van der Waals surface area contributed by atoms with Crippen molar-refractivity contribution >= 4 is 39.5 Å². The monoisotopic (exact) mass is 1480 g/mol. The van der Waals surface area contributed by atoms with E-state index in [4.69, 9.17) is 37.0 Å². The first-order valence-electron chi connectivity index (χ1n) is 42.4. The summed E-state index contributed by atoms with van der Waals surface area (Å²) in [4.78, 5) is 73.1. The van der Waals surface area contributed by atoms with E-state index < -0.39 is 97.5 Å². The molecule has 19 heteroatoms. The van der Waals surface area contributed by atoms with E-state index in [9.17, 15) is 43.2 Å². The molecule has 0 saturated carbocycles. The SMILES string of the molecule is CCCCCCCCCCCCCCCCCCCCCCCCC(=O)O[C@H](COC(=O)CCCCCCCCCCCCCC(C)C)COP(=O)(O)OC[C@@H](O)COP(=O)(O)OC[C@@H](COC(=O)CCCCCCCCCCC(C)CC)OC(=O)CCCCCCCCCCCCC(C)C. The number of phosphoric ester groups is 2. The maximum absolute atomic E-state index is 13.1. The van der Waals surface area contributed by atoms with E-state index in [0.29, 0.717) is 25.7 Å². The molecule has 0 aliphatic carbocycles. The number of rotatable bonds is 80. The third kappa shape index (κ3) is 74.7. The minimum absolute atomic E-state index is 0.105. The second kappa shape index (κ2) is 72.3. The van der Waals surface area contributed by atoms with Crippen LogP contribution in [0.3, 0.4) is 0 Å². The lowest BCUT2D eigenvalue weighted by atomic mass is 9.99. The fourth-order valence-corrected chi connectivity index (χ4v) is 14.2. The molecular formula is C82H160O17P2. The molecule has 0 aromatic carbocycles. The van der Waals surface area contributed by atoms with E-state index in [2.05, 4.69) is 48.5 Å². The number of unbranched alkanes of at least 4 members (excludes halogenated alkanes) is 47. The number of ether oxygens (including phenoxy) is 4. The third-order valence-corrected chi connectivity index (χ3v) is 21.4. The molecule has 0 heterocycles. The standard InChI is InChI=1S/C82H160O17P2/c1-8-10-11-12-13-14-15-16-17-18-19-20-21-22-23-24-25-28-35-44-51-58-65-81(86)98-77(69-92-79(84)63-56-49-42-34-29-26-27-32-39-46-53-60-73(3)4)71-96-100(88,89)94-67-76(83)68-95-101(90,91)97-72-78(70-93-80(85)64-57-50-43-38-37-41-48-55-62-75(7)9-2)99-82(87)66-59-52-45-36-31-30-33-40-47-54-61-74(5)6/h73-78,83H,8-72H2,1-7H3,(H,88,89)(H,90,91)/t75?,76-,77-,78-/m1/s1. The second-order valence-corrected chi connectivity index (χ2v) is 33.6. The van der Waals surface area contributed by atoms with Gasteiger partial charge in [-0.1, -0.05) is 376 Å². The number of hydrogen-bond acceptors (Lipinski definition) is 15. The van der Waals surface area contributed by atoms with Gasteiger partial charge in [0.1, 0.15) is 19.3 Å². The molecule has 0 rings (SSSR count). The zero-order valence-corrected chi connectivity index (χ0v) is 68.2. The normalized spacial score (nSPS) is 14.2. The van der Waals surface area contributed by atoms with Crippen molar-refractivity contribution in [1.29, 1.82) is 0 Å². The van der Waals surface area contributed by atoms with Gasteiger partial charge in [-0.2, -0.15) is 0 Å². The molecule has 0 fully saturated rings. The second-order valence-electron chi connectivity index (χ2n) is 30.7. The van der Waals surface area contributed by atoms with Gasteiger partial charge in [0.2, 0.25) is 0 Å². The summed E-state index contributed by atoms with van der Waals surface area (Å²) in [5, 5.41) is 10.6. The zero-order valence-electron chi connectivity index (χ0n) is 66.4. The van der Waals surface area contributed by atoms with Crippen molar-refractivity contribution in [1.82, 2.24) is 0 Å². The molecule has 17 nitrogen and oxygen atoms in total. The van der Waals surface area contributed by atoms with Gasteiger partial charge in [0.25, 0.3) is 0 Å². The van der Waals surface area contributed by atoms with Gasteiger partial charge in [-0.25, -0.2) is 9.13 Å². The summed E-state index contributed by atoms with van der Waals surface area (Å²) in [5.74, 6) is 0.188. The summed E-state index contributed by atoms with van der Waals surface area (Å²) in [7, 11) is -9.92. The van der Waals surface area contributed by atoms with E-state index in [0.717, 1.165) is 108 Å². The molecule has 101 heavy (non-hydrogen) atoms. The van der Waals surface area contributed by atoms with E-state index in [-0.39, 0.29) is 25.7 Å². The van der Waals surface area contributed by atoms with Crippen molar-refractivity contribution in [3.63, 3.8) is 0 Å². The molecule has 0 aromatic heterocycles. The molecule has 0 aromatic rings. The van der Waals surface area contributed by atoms with Gasteiger partial charge in [-0.3, -0.25) is 37.3 Å². The molecular weight excluding hydrogens is 1320 g/mol. The molecule has 0 aliphatic rings. The number of carbonyl (C=O) groups excluding carboxylic acids is 4. The zero-order chi connectivity index (χ0) is 74.4. The summed E-state index contributed by atoms with van der Waals surface area (Å²) in [6.45, 7) is 11.9. The Kier molecular flexibility index (Phi) is 70.9. The van der Waals surface area contributed by atoms with Crippen LogP contribution < -0.4 is 0 Å². The first-order chi connectivity index (χ1) is 48.8. The lowest BCUT2D eigenvalue weighted by molar-refractivity contribution is -0.161. The Morgan fingerprint density at radius 2 is 0.505 bits per heavy atom. The van der Waals surface area contributed by atoms with Gasteiger partial charge in [-0.15, -0.1) is 0 Å². The summed E-state index contributed by atoms with van der Waals surface area (Å²) in [6.07, 6.45) is 61.1. The average Bonchev–Trinajstić information content (AvgIpc) is 0.979. The molecule has 0 amide bonds. The van der Waals surface area contributed by atoms with Crippen LogP contribution in [0, 0.1) is 17.8 Å². The van der Waals surface area contributed by atoms with Crippen molar-refractivity contribution in [3.8, 4) is 0 Å². The smallest absolute Gasteiger partial charge is 0.462 e. The molecule has 600 valence electrons. The molecule has 3 unspecified atom stereocenters. The average molecular weight is 1480 g/mol. The Balaban J connectivity index is 5.22. The summed E-state index contributed by atoms with van der Waals surface area (Å²) in [6, 6.07) is 0. The van der Waals surface area contributed by atoms with Crippen molar-refractivity contribution < 1.29 is 80.2 Å². The predicted octanol–water partition coefficient (Wildman–Crippen LogP) is 24.5. The van der Waals surface area contributed by atoms with Crippen LogP contribution in [-0.4, -0.2) is 96.7 Å². The first-order valence-corrected chi connectivity index (χ1v) is 45.4. The molecule has 0 spiro atoms. The summed E-state index contributed by atoms with van der Waals surface area (Å²) in [5.41, 5.74) is 0. The highest BCUT2D eigenvalue weighted by atomic mass is 31.2. The van der Waals surface area contributed by atoms with Crippen molar-refractivity contribution in [2.24, 2.45) is 17.8 Å². The topological polar surface area (TPSA) is 237 Å². The van der Waals surface area contributed by atoms with Gasteiger partial charge in [0.05, 0.1) is 26.4 Å². The lowest BCUT2D eigenvalue weighted by Gasteiger charge is -2.21. The Morgan fingerprint density at radius 3 is 0.752 bits per heavy atom. The van der Waals surface area contributed by atoms with Crippen LogP contribution in [0.15, 0.2) is 0 Å². The van der Waals surface area contributed by atoms with Crippen molar-refractivity contribution in [2.75, 3.05) is 39.6 Å². The van der Waals surface area contributed by atoms with Crippen LogP contribution in [0.1, 0.15) is 427 Å². The number of carbonyl (C=O) groups is 4. The Morgan fingerprint density at radius 1 is 0.287 bits per heavy atom. The van der Waals surface area contributed by atoms with E-state index >= 15 is 0 Å². The lowest BCUT2D eigenvalue weighted by Crippen LogP contribution is -2.30. The van der Waals surface area contributed by atoms with Crippen LogP contribution in [0.2, 0.25) is 0 Å². The fraction of sp³-hybridized carbons (Fsp3) is 0.951. The number of aliphatic hydroxyl groups is 1. The molecule has 0 aliphatic heterocycles. The maximum Gasteiger partial charge on any atom is 0.472 e. The molecule has 0 radical (unpaired) electrons. The van der Waals surface area contributed by atoms with Crippen LogP contribution in [0.25, 0.3) is 0 Å². The molecule has 6 atom stereocenters. The largest absolute Gasteiger partial charge is 0.472 e. The van der Waals surface area contributed by atoms with Gasteiger partial charge in [0, 0.05) is 25.7 Å². The quantitative estimate of drug-likeness (QED) is 0.0222. The van der Waals surface area contributed by atoms with Gasteiger partial charge < -0.3 is 33.8 Å². The number of hydrogen-bond donors (Lipinski definition) is 3. The van der Waals surface area contributed by atoms with Crippen molar-refractivity contribution in [2.45, 2.75) is 446 Å². The Hall–Kier alpha value is -1.94.